The van der Waals surface area contributed by atoms with E-state index in [9.17, 15) is 0 Å². The molecular weight excluding hydrogens is 351 g/mol. The Balaban J connectivity index is 1.81. The number of ether oxygens (including phenoxy) is 2. The molecule has 0 aliphatic rings. The zero-order chi connectivity index (χ0) is 13.5. The molecule has 100 valence electrons. The van der Waals surface area contributed by atoms with Crippen LogP contribution in [-0.4, -0.2) is 14.2 Å². The van der Waals surface area contributed by atoms with Crippen molar-refractivity contribution >= 4 is 0 Å². The fraction of sp³-hybridized carbons (Fsp3) is 0.250. The van der Waals surface area contributed by atoms with Crippen LogP contribution in [0.4, 0.5) is 0 Å². The molecule has 0 bridgehead atoms. The molecule has 19 heavy (non-hydrogen) atoms. The van der Waals surface area contributed by atoms with Crippen molar-refractivity contribution in [3.8, 4) is 11.5 Å². The normalized spacial score (nSPS) is 10.2. The SMILES string of the molecule is COc1ccc(C[I+]Cc2ccc(OC)cc2)cc1. The van der Waals surface area contributed by atoms with Gasteiger partial charge in [-0.15, -0.1) is 0 Å². The number of benzene rings is 2. The van der Waals surface area contributed by atoms with Gasteiger partial charge in [0.2, 0.25) is 0 Å². The van der Waals surface area contributed by atoms with E-state index in [1.807, 2.05) is 24.3 Å². The highest BCUT2D eigenvalue weighted by atomic mass is 127. The number of rotatable bonds is 6. The molecule has 2 aromatic carbocycles. The Labute approximate surface area is 125 Å². The monoisotopic (exact) mass is 369 g/mol. The van der Waals surface area contributed by atoms with Crippen molar-refractivity contribution in [2.75, 3.05) is 14.2 Å². The Morgan fingerprint density at radius 3 is 1.37 bits per heavy atom. The summed E-state index contributed by atoms with van der Waals surface area (Å²) in [6.45, 7) is 0. The highest BCUT2D eigenvalue weighted by molar-refractivity contribution is 5.27. The smallest absolute Gasteiger partial charge is 0.278 e. The lowest BCUT2D eigenvalue weighted by atomic mass is 10.2. The van der Waals surface area contributed by atoms with E-state index >= 15 is 0 Å². The minimum Gasteiger partial charge on any atom is -0.497 e. The van der Waals surface area contributed by atoms with Gasteiger partial charge < -0.3 is 9.47 Å². The van der Waals surface area contributed by atoms with Crippen molar-refractivity contribution in [2.24, 2.45) is 0 Å². The Morgan fingerprint density at radius 1 is 0.684 bits per heavy atom. The van der Waals surface area contributed by atoms with E-state index in [0.29, 0.717) is 0 Å². The molecule has 3 heteroatoms. The Kier molecular flexibility index (Phi) is 5.51. The van der Waals surface area contributed by atoms with Crippen molar-refractivity contribution in [1.82, 2.24) is 0 Å². The highest BCUT2D eigenvalue weighted by Crippen LogP contribution is 2.11. The molecule has 0 saturated heterocycles. The highest BCUT2D eigenvalue weighted by Gasteiger charge is 2.09. The Hall–Kier alpha value is -1.23. The first-order chi connectivity index (χ1) is 9.31. The molecule has 2 rings (SSSR count). The first-order valence-corrected chi connectivity index (χ1v) is 9.16. The summed E-state index contributed by atoms with van der Waals surface area (Å²) >= 11 is 0.157. The molecule has 0 heterocycles. The maximum absolute atomic E-state index is 5.16. The van der Waals surface area contributed by atoms with Gasteiger partial charge in [-0.3, -0.25) is 0 Å². The molecule has 0 spiro atoms. The van der Waals surface area contributed by atoms with Gasteiger partial charge >= 0.3 is 0 Å². The van der Waals surface area contributed by atoms with Crippen molar-refractivity contribution in [1.29, 1.82) is 0 Å². The topological polar surface area (TPSA) is 18.5 Å². The summed E-state index contributed by atoms with van der Waals surface area (Å²) in [6.07, 6.45) is 0. The predicted octanol–water partition coefficient (Wildman–Crippen LogP) is 0.493. The number of methoxy groups -OCH3 is 2. The van der Waals surface area contributed by atoms with Gasteiger partial charge in [-0.2, -0.15) is 0 Å². The summed E-state index contributed by atoms with van der Waals surface area (Å²) < 4.78 is 12.7. The van der Waals surface area contributed by atoms with Gasteiger partial charge in [0, 0.05) is 0 Å². The van der Waals surface area contributed by atoms with E-state index in [-0.39, 0.29) is 21.2 Å². The first-order valence-electron chi connectivity index (χ1n) is 6.11. The molecule has 0 radical (unpaired) electrons. The second kappa shape index (κ2) is 7.38. The summed E-state index contributed by atoms with van der Waals surface area (Å²) in [4.78, 5) is 0. The first kappa shape index (κ1) is 14.2. The van der Waals surface area contributed by atoms with Crippen LogP contribution in [0.5, 0.6) is 11.5 Å². The van der Waals surface area contributed by atoms with Gasteiger partial charge in [-0.05, 0) is 35.4 Å². The van der Waals surface area contributed by atoms with Gasteiger partial charge in [0.15, 0.2) is 8.86 Å². The van der Waals surface area contributed by atoms with Gasteiger partial charge in [0.05, 0.1) is 14.2 Å². The molecule has 0 atom stereocenters. The quantitative estimate of drug-likeness (QED) is 0.545. The minimum atomic E-state index is 0.157. The van der Waals surface area contributed by atoms with E-state index in [2.05, 4.69) is 24.3 Å². The van der Waals surface area contributed by atoms with Crippen LogP contribution in [0, 0.1) is 0 Å². The Bertz CT molecular complexity index is 444. The summed E-state index contributed by atoms with van der Waals surface area (Å²) in [5.74, 6) is 1.86. The summed E-state index contributed by atoms with van der Waals surface area (Å²) in [5, 5.41) is 0. The zero-order valence-electron chi connectivity index (χ0n) is 11.2. The summed E-state index contributed by atoms with van der Waals surface area (Å²) in [6, 6.07) is 16.8. The third-order valence-corrected chi connectivity index (χ3v) is 5.66. The lowest BCUT2D eigenvalue weighted by molar-refractivity contribution is -0.686. The van der Waals surface area contributed by atoms with Crippen LogP contribution < -0.4 is 30.7 Å². The second-order valence-electron chi connectivity index (χ2n) is 4.15. The summed E-state index contributed by atoms with van der Waals surface area (Å²) in [5.41, 5.74) is 2.81. The molecule has 0 fully saturated rings. The molecular formula is C16H18IO2+. The third kappa shape index (κ3) is 4.42. The van der Waals surface area contributed by atoms with E-state index in [1.54, 1.807) is 14.2 Å². The van der Waals surface area contributed by atoms with E-state index < -0.39 is 0 Å². The van der Waals surface area contributed by atoms with Crippen LogP contribution >= 0.6 is 0 Å². The fourth-order valence-corrected chi connectivity index (χ4v) is 4.23. The van der Waals surface area contributed by atoms with Crippen LogP contribution in [0.1, 0.15) is 11.1 Å². The van der Waals surface area contributed by atoms with Crippen molar-refractivity contribution in [3.05, 3.63) is 59.7 Å². The molecule has 0 saturated carbocycles. The molecule has 0 aliphatic heterocycles. The average molecular weight is 369 g/mol. The molecule has 0 aromatic heterocycles. The number of alkyl halides is 2. The van der Waals surface area contributed by atoms with Crippen LogP contribution in [0.3, 0.4) is 0 Å². The van der Waals surface area contributed by atoms with Crippen LogP contribution in [0.15, 0.2) is 48.5 Å². The second-order valence-corrected chi connectivity index (χ2v) is 6.76. The van der Waals surface area contributed by atoms with Gasteiger partial charge in [0.25, 0.3) is 21.2 Å². The van der Waals surface area contributed by atoms with Crippen LogP contribution in [0.25, 0.3) is 0 Å². The largest absolute Gasteiger partial charge is 0.497 e. The van der Waals surface area contributed by atoms with E-state index in [4.69, 9.17) is 9.47 Å². The number of halogens is 1. The lowest BCUT2D eigenvalue weighted by Crippen LogP contribution is -3.61. The maximum atomic E-state index is 5.16. The molecule has 0 unspecified atom stereocenters. The van der Waals surface area contributed by atoms with Gasteiger partial charge in [0.1, 0.15) is 11.5 Å². The molecule has 0 amide bonds. The number of hydrogen-bond acceptors (Lipinski definition) is 2. The van der Waals surface area contributed by atoms with Crippen LogP contribution in [0.2, 0.25) is 0 Å². The van der Waals surface area contributed by atoms with Crippen molar-refractivity contribution < 1.29 is 30.7 Å². The maximum Gasteiger partial charge on any atom is 0.278 e. The fourth-order valence-electron chi connectivity index (χ4n) is 1.69. The standard InChI is InChI=1S/C16H18IO2/c1-18-15-7-3-13(4-8-15)11-17-12-14-5-9-16(19-2)10-6-14/h3-10H,11-12H2,1-2H3/q+1. The third-order valence-electron chi connectivity index (χ3n) is 2.82. The van der Waals surface area contributed by atoms with Crippen LogP contribution in [-0.2, 0) is 8.86 Å². The molecule has 2 nitrogen and oxygen atoms in total. The average Bonchev–Trinajstić information content (AvgIpc) is 2.49. The zero-order valence-corrected chi connectivity index (χ0v) is 13.4. The lowest BCUT2D eigenvalue weighted by Gasteiger charge is -1.99. The number of hydrogen-bond donors (Lipinski definition) is 0. The van der Waals surface area contributed by atoms with Gasteiger partial charge in [-0.25, -0.2) is 0 Å². The minimum absolute atomic E-state index is 0.157. The van der Waals surface area contributed by atoms with E-state index in [0.717, 1.165) is 11.5 Å². The summed E-state index contributed by atoms with van der Waals surface area (Å²) in [7, 11) is 3.40. The molecule has 0 N–H and O–H groups in total. The van der Waals surface area contributed by atoms with Crippen molar-refractivity contribution in [3.63, 3.8) is 0 Å². The molecule has 2 aromatic rings. The van der Waals surface area contributed by atoms with Crippen molar-refractivity contribution in [2.45, 2.75) is 8.86 Å². The predicted molar refractivity (Wildman–Crippen MR) is 73.4 cm³/mol. The van der Waals surface area contributed by atoms with E-state index in [1.165, 1.54) is 20.0 Å². The Morgan fingerprint density at radius 2 is 1.05 bits per heavy atom. The van der Waals surface area contributed by atoms with Gasteiger partial charge in [-0.1, -0.05) is 24.3 Å². The molecule has 0 aliphatic carbocycles.